The second kappa shape index (κ2) is 7.30. The summed E-state index contributed by atoms with van der Waals surface area (Å²) in [7, 11) is 0. The first-order valence-electron chi connectivity index (χ1n) is 7.31. The van der Waals surface area contributed by atoms with Crippen LogP contribution in [0.4, 0.5) is 0 Å². The summed E-state index contributed by atoms with van der Waals surface area (Å²) in [6, 6.07) is 0. The Labute approximate surface area is 96.8 Å². The van der Waals surface area contributed by atoms with E-state index >= 15 is 0 Å². The van der Waals surface area contributed by atoms with Gasteiger partial charge in [0.1, 0.15) is 0 Å². The van der Waals surface area contributed by atoms with E-state index in [2.05, 4.69) is 20.8 Å². The first kappa shape index (κ1) is 13.1. The van der Waals surface area contributed by atoms with Gasteiger partial charge in [0.15, 0.2) is 0 Å². The zero-order valence-electron chi connectivity index (χ0n) is 11.1. The molecule has 1 fully saturated rings. The molecule has 1 aliphatic carbocycles. The molecule has 0 heterocycles. The van der Waals surface area contributed by atoms with Gasteiger partial charge in [-0.3, -0.25) is 0 Å². The number of unbranched alkanes of at least 4 members (excludes halogenated alkanes) is 1. The van der Waals surface area contributed by atoms with Crippen molar-refractivity contribution in [2.24, 2.45) is 17.8 Å². The van der Waals surface area contributed by atoms with Crippen LogP contribution in [0.2, 0.25) is 0 Å². The van der Waals surface area contributed by atoms with Gasteiger partial charge in [0.25, 0.3) is 0 Å². The third kappa shape index (κ3) is 4.17. The summed E-state index contributed by atoms with van der Waals surface area (Å²) in [5, 5.41) is 0. The third-order valence-corrected chi connectivity index (χ3v) is 4.41. The molecule has 3 atom stereocenters. The van der Waals surface area contributed by atoms with E-state index < -0.39 is 0 Å². The van der Waals surface area contributed by atoms with Crippen LogP contribution in [0.15, 0.2) is 0 Å². The van der Waals surface area contributed by atoms with Gasteiger partial charge in [-0.1, -0.05) is 65.7 Å². The van der Waals surface area contributed by atoms with Crippen molar-refractivity contribution in [2.45, 2.75) is 78.6 Å². The molecule has 15 heavy (non-hydrogen) atoms. The number of hydrogen-bond acceptors (Lipinski definition) is 0. The molecule has 3 unspecified atom stereocenters. The minimum absolute atomic E-state index is 1.06. The summed E-state index contributed by atoms with van der Waals surface area (Å²) in [6.45, 7) is 7.06. The summed E-state index contributed by atoms with van der Waals surface area (Å²) >= 11 is 0. The largest absolute Gasteiger partial charge is 0.0654 e. The highest BCUT2D eigenvalue weighted by molar-refractivity contribution is 4.79. The molecule has 0 nitrogen and oxygen atoms in total. The normalized spacial score (nSPS) is 31.8. The van der Waals surface area contributed by atoms with Crippen LogP contribution in [0.5, 0.6) is 0 Å². The Bertz CT molecular complexity index is 150. The number of hydrogen-bond donors (Lipinski definition) is 0. The van der Waals surface area contributed by atoms with E-state index in [4.69, 9.17) is 0 Å². The topological polar surface area (TPSA) is 0 Å². The van der Waals surface area contributed by atoms with Crippen molar-refractivity contribution in [3.8, 4) is 0 Å². The predicted molar refractivity (Wildman–Crippen MR) is 69.0 cm³/mol. The lowest BCUT2D eigenvalue weighted by Gasteiger charge is -2.36. The Morgan fingerprint density at radius 1 is 0.867 bits per heavy atom. The SMILES string of the molecule is CCCCC1CC(CC)CCC1CCC. The second-order valence-electron chi connectivity index (χ2n) is 5.54. The average molecular weight is 210 g/mol. The maximum absolute atomic E-state index is 2.38. The summed E-state index contributed by atoms with van der Waals surface area (Å²) in [4.78, 5) is 0. The lowest BCUT2D eigenvalue weighted by molar-refractivity contribution is 0.154. The zero-order valence-corrected chi connectivity index (χ0v) is 11.1. The Balaban J connectivity index is 2.40. The molecule has 0 aromatic rings. The summed E-state index contributed by atoms with van der Waals surface area (Å²) in [6.07, 6.45) is 13.2. The van der Waals surface area contributed by atoms with Crippen LogP contribution in [-0.2, 0) is 0 Å². The van der Waals surface area contributed by atoms with Crippen LogP contribution >= 0.6 is 0 Å². The zero-order chi connectivity index (χ0) is 11.1. The Kier molecular flexibility index (Phi) is 6.36. The van der Waals surface area contributed by atoms with Crippen LogP contribution in [0, 0.1) is 17.8 Å². The summed E-state index contributed by atoms with van der Waals surface area (Å²) in [5.74, 6) is 3.20. The average Bonchev–Trinajstić information content (AvgIpc) is 2.28. The minimum Gasteiger partial charge on any atom is -0.0654 e. The molecular weight excluding hydrogens is 180 g/mol. The molecule has 0 aliphatic heterocycles. The van der Waals surface area contributed by atoms with Crippen LogP contribution in [0.1, 0.15) is 78.6 Å². The summed E-state index contributed by atoms with van der Waals surface area (Å²) in [5.41, 5.74) is 0. The molecule has 0 N–H and O–H groups in total. The van der Waals surface area contributed by atoms with Crippen molar-refractivity contribution in [1.29, 1.82) is 0 Å². The Morgan fingerprint density at radius 2 is 1.67 bits per heavy atom. The fourth-order valence-electron chi connectivity index (χ4n) is 3.37. The molecule has 0 amide bonds. The van der Waals surface area contributed by atoms with Crippen LogP contribution in [-0.4, -0.2) is 0 Å². The quantitative estimate of drug-likeness (QED) is 0.549. The molecule has 0 heteroatoms. The van der Waals surface area contributed by atoms with E-state index in [9.17, 15) is 0 Å². The molecule has 0 saturated heterocycles. The highest BCUT2D eigenvalue weighted by Gasteiger charge is 2.28. The third-order valence-electron chi connectivity index (χ3n) is 4.41. The lowest BCUT2D eigenvalue weighted by atomic mass is 9.70. The van der Waals surface area contributed by atoms with Crippen LogP contribution in [0.3, 0.4) is 0 Å². The maximum Gasteiger partial charge on any atom is -0.0383 e. The monoisotopic (exact) mass is 210 g/mol. The molecule has 0 bridgehead atoms. The van der Waals surface area contributed by atoms with Crippen molar-refractivity contribution in [1.82, 2.24) is 0 Å². The van der Waals surface area contributed by atoms with Crippen LogP contribution < -0.4 is 0 Å². The van der Waals surface area contributed by atoms with E-state index in [0.717, 1.165) is 17.8 Å². The lowest BCUT2D eigenvalue weighted by Crippen LogP contribution is -2.24. The fraction of sp³-hybridized carbons (Fsp3) is 1.00. The molecule has 1 saturated carbocycles. The van der Waals surface area contributed by atoms with E-state index in [1.54, 1.807) is 6.42 Å². The molecule has 1 rings (SSSR count). The van der Waals surface area contributed by atoms with Crippen molar-refractivity contribution in [2.75, 3.05) is 0 Å². The number of rotatable bonds is 6. The van der Waals surface area contributed by atoms with Gasteiger partial charge in [0.05, 0.1) is 0 Å². The van der Waals surface area contributed by atoms with Crippen LogP contribution in [0.25, 0.3) is 0 Å². The van der Waals surface area contributed by atoms with E-state index in [0.29, 0.717) is 0 Å². The Hall–Kier alpha value is 0. The first-order valence-corrected chi connectivity index (χ1v) is 7.31. The first-order chi connectivity index (χ1) is 7.31. The molecule has 1 aliphatic rings. The van der Waals surface area contributed by atoms with Gasteiger partial charge in [0.2, 0.25) is 0 Å². The standard InChI is InChI=1S/C15H30/c1-4-7-9-15-12-13(6-3)10-11-14(15)8-5-2/h13-15H,4-12H2,1-3H3. The fourth-order valence-corrected chi connectivity index (χ4v) is 3.37. The Morgan fingerprint density at radius 3 is 2.27 bits per heavy atom. The molecule has 0 aromatic carbocycles. The van der Waals surface area contributed by atoms with Gasteiger partial charge in [-0.25, -0.2) is 0 Å². The predicted octanol–water partition coefficient (Wildman–Crippen LogP) is 5.42. The highest BCUT2D eigenvalue weighted by Crippen LogP contribution is 2.40. The smallest absolute Gasteiger partial charge is 0.0383 e. The van der Waals surface area contributed by atoms with Crippen molar-refractivity contribution in [3.05, 3.63) is 0 Å². The molecular formula is C15H30. The van der Waals surface area contributed by atoms with Gasteiger partial charge < -0.3 is 0 Å². The van der Waals surface area contributed by atoms with Gasteiger partial charge >= 0.3 is 0 Å². The highest BCUT2D eigenvalue weighted by atomic mass is 14.3. The van der Waals surface area contributed by atoms with E-state index in [1.165, 1.54) is 51.4 Å². The van der Waals surface area contributed by atoms with Crippen molar-refractivity contribution >= 4 is 0 Å². The summed E-state index contributed by atoms with van der Waals surface area (Å²) < 4.78 is 0. The maximum atomic E-state index is 2.38. The van der Waals surface area contributed by atoms with E-state index in [1.807, 2.05) is 0 Å². The molecule has 0 aromatic heterocycles. The van der Waals surface area contributed by atoms with Gasteiger partial charge in [-0.2, -0.15) is 0 Å². The van der Waals surface area contributed by atoms with Gasteiger partial charge in [0, 0.05) is 0 Å². The van der Waals surface area contributed by atoms with Gasteiger partial charge in [-0.15, -0.1) is 0 Å². The van der Waals surface area contributed by atoms with Crippen molar-refractivity contribution < 1.29 is 0 Å². The molecule has 90 valence electrons. The molecule has 0 radical (unpaired) electrons. The second-order valence-corrected chi connectivity index (χ2v) is 5.54. The van der Waals surface area contributed by atoms with Gasteiger partial charge in [-0.05, 0) is 30.6 Å². The van der Waals surface area contributed by atoms with E-state index in [-0.39, 0.29) is 0 Å². The minimum atomic E-state index is 1.06. The molecule has 0 spiro atoms. The van der Waals surface area contributed by atoms with Crippen molar-refractivity contribution in [3.63, 3.8) is 0 Å².